The van der Waals surface area contributed by atoms with Crippen molar-refractivity contribution in [2.75, 3.05) is 20.7 Å². The first-order valence-electron chi connectivity index (χ1n) is 5.67. The van der Waals surface area contributed by atoms with Crippen LogP contribution in [0.5, 0.6) is 0 Å². The van der Waals surface area contributed by atoms with Gasteiger partial charge in [-0.15, -0.1) is 11.3 Å². The Morgan fingerprint density at radius 2 is 2.28 bits per heavy atom. The van der Waals surface area contributed by atoms with Crippen LogP contribution in [0.25, 0.3) is 6.08 Å². The van der Waals surface area contributed by atoms with Gasteiger partial charge in [-0.3, -0.25) is 9.59 Å². The molecule has 0 unspecified atom stereocenters. The van der Waals surface area contributed by atoms with Gasteiger partial charge >= 0.3 is 5.97 Å². The molecule has 0 spiro atoms. The third kappa shape index (κ3) is 5.14. The maximum Gasteiger partial charge on any atom is 0.305 e. The van der Waals surface area contributed by atoms with Gasteiger partial charge in [0, 0.05) is 31.0 Å². The molecule has 4 nitrogen and oxygen atoms in total. The van der Waals surface area contributed by atoms with Crippen molar-refractivity contribution in [3.63, 3.8) is 0 Å². The average molecular weight is 267 g/mol. The Kier molecular flexibility index (Phi) is 6.14. The number of carbonyl (C=O) groups is 2. The predicted molar refractivity (Wildman–Crippen MR) is 72.2 cm³/mol. The molecule has 1 aromatic rings. The monoisotopic (exact) mass is 267 g/mol. The van der Waals surface area contributed by atoms with E-state index < -0.39 is 0 Å². The summed E-state index contributed by atoms with van der Waals surface area (Å²) in [4.78, 5) is 25.3. The zero-order valence-electron chi connectivity index (χ0n) is 10.6. The van der Waals surface area contributed by atoms with Crippen molar-refractivity contribution >= 4 is 29.3 Å². The van der Waals surface area contributed by atoms with Crippen LogP contribution in [0.15, 0.2) is 23.6 Å². The van der Waals surface area contributed by atoms with Gasteiger partial charge in [-0.2, -0.15) is 0 Å². The van der Waals surface area contributed by atoms with Gasteiger partial charge in [-0.1, -0.05) is 6.07 Å². The summed E-state index contributed by atoms with van der Waals surface area (Å²) in [6.07, 6.45) is 4.29. The lowest BCUT2D eigenvalue weighted by molar-refractivity contribution is -0.141. The van der Waals surface area contributed by atoms with Crippen molar-refractivity contribution in [3.8, 4) is 0 Å². The Morgan fingerprint density at radius 3 is 2.89 bits per heavy atom. The molecule has 1 heterocycles. The molecule has 1 rings (SSSR count). The summed E-state index contributed by atoms with van der Waals surface area (Å²) in [7, 11) is 3.08. The second-order valence-electron chi connectivity index (χ2n) is 3.79. The highest BCUT2D eigenvalue weighted by Crippen LogP contribution is 2.10. The van der Waals surface area contributed by atoms with Crippen molar-refractivity contribution in [2.24, 2.45) is 0 Å². The van der Waals surface area contributed by atoms with Crippen LogP contribution >= 0.6 is 11.3 Å². The minimum atomic E-state index is -0.245. The van der Waals surface area contributed by atoms with Gasteiger partial charge in [-0.05, 0) is 23.9 Å². The smallest absolute Gasteiger partial charge is 0.305 e. The fourth-order valence-electron chi connectivity index (χ4n) is 1.34. The van der Waals surface area contributed by atoms with Crippen molar-refractivity contribution in [2.45, 2.75) is 12.8 Å². The number of nitrogens with zero attached hydrogens (tertiary/aromatic N) is 1. The molecule has 18 heavy (non-hydrogen) atoms. The second-order valence-corrected chi connectivity index (χ2v) is 4.77. The summed E-state index contributed by atoms with van der Waals surface area (Å²) in [5.74, 6) is -0.307. The first kappa shape index (κ1) is 14.4. The molecule has 0 radical (unpaired) electrons. The van der Waals surface area contributed by atoms with Gasteiger partial charge in [0.05, 0.1) is 7.11 Å². The molecule has 0 aliphatic heterocycles. The molecular weight excluding hydrogens is 250 g/mol. The molecular formula is C13H17NO3S. The summed E-state index contributed by atoms with van der Waals surface area (Å²) >= 11 is 1.58. The summed E-state index contributed by atoms with van der Waals surface area (Å²) in [6.45, 7) is 0.544. The summed E-state index contributed by atoms with van der Waals surface area (Å²) in [5, 5.41) is 1.96. The molecule has 0 aliphatic rings. The quantitative estimate of drug-likeness (QED) is 0.586. The number of carbonyl (C=O) groups excluding carboxylic acids is 2. The Bertz CT molecular complexity index is 412. The van der Waals surface area contributed by atoms with E-state index in [1.54, 1.807) is 35.4 Å². The first-order valence-corrected chi connectivity index (χ1v) is 6.55. The van der Waals surface area contributed by atoms with Crippen molar-refractivity contribution in [1.29, 1.82) is 0 Å². The largest absolute Gasteiger partial charge is 0.469 e. The average Bonchev–Trinajstić information content (AvgIpc) is 2.88. The summed E-state index contributed by atoms with van der Waals surface area (Å²) in [5.41, 5.74) is 0. The number of hydrogen-bond acceptors (Lipinski definition) is 4. The molecule has 0 atom stereocenters. The SMILES string of the molecule is COC(=O)CCCN(C)C(=O)/C=C/c1cccs1. The van der Waals surface area contributed by atoms with E-state index in [1.165, 1.54) is 7.11 Å². The Hall–Kier alpha value is -1.62. The Labute approximate surface area is 111 Å². The maximum absolute atomic E-state index is 11.7. The molecule has 5 heteroatoms. The van der Waals surface area contributed by atoms with Gasteiger partial charge in [0.2, 0.25) is 5.91 Å². The minimum Gasteiger partial charge on any atom is -0.469 e. The molecule has 0 aliphatic carbocycles. The van der Waals surface area contributed by atoms with Crippen LogP contribution < -0.4 is 0 Å². The molecule has 0 fully saturated rings. The van der Waals surface area contributed by atoms with E-state index in [1.807, 2.05) is 17.5 Å². The number of thiophene rings is 1. The zero-order valence-corrected chi connectivity index (χ0v) is 11.4. The van der Waals surface area contributed by atoms with Gasteiger partial charge in [0.1, 0.15) is 0 Å². The Morgan fingerprint density at radius 1 is 1.50 bits per heavy atom. The third-order valence-electron chi connectivity index (χ3n) is 2.41. The van der Waals surface area contributed by atoms with E-state index in [2.05, 4.69) is 4.74 Å². The van der Waals surface area contributed by atoms with E-state index in [4.69, 9.17) is 0 Å². The number of hydrogen-bond donors (Lipinski definition) is 0. The molecule has 1 amide bonds. The lowest BCUT2D eigenvalue weighted by Crippen LogP contribution is -2.26. The van der Waals surface area contributed by atoms with Crippen LogP contribution in [0.4, 0.5) is 0 Å². The van der Waals surface area contributed by atoms with Crippen molar-refractivity contribution < 1.29 is 14.3 Å². The molecule has 1 aromatic heterocycles. The van der Waals surface area contributed by atoms with Crippen LogP contribution in [0, 0.1) is 0 Å². The lowest BCUT2D eigenvalue weighted by atomic mass is 10.3. The van der Waals surface area contributed by atoms with Crippen LogP contribution in [-0.2, 0) is 14.3 Å². The lowest BCUT2D eigenvalue weighted by Gasteiger charge is -2.14. The van der Waals surface area contributed by atoms with Gasteiger partial charge in [0.15, 0.2) is 0 Å². The van der Waals surface area contributed by atoms with E-state index in [0.29, 0.717) is 19.4 Å². The van der Waals surface area contributed by atoms with Gasteiger partial charge in [-0.25, -0.2) is 0 Å². The van der Waals surface area contributed by atoms with Crippen LogP contribution in [0.1, 0.15) is 17.7 Å². The van der Waals surface area contributed by atoms with Crippen molar-refractivity contribution in [1.82, 2.24) is 4.90 Å². The highest BCUT2D eigenvalue weighted by molar-refractivity contribution is 7.10. The van der Waals surface area contributed by atoms with E-state index >= 15 is 0 Å². The Balaban J connectivity index is 2.31. The zero-order chi connectivity index (χ0) is 13.4. The number of likely N-dealkylation sites (N-methyl/N-ethyl adjacent to an activating group) is 1. The van der Waals surface area contributed by atoms with E-state index in [9.17, 15) is 9.59 Å². The fraction of sp³-hybridized carbons (Fsp3) is 0.385. The molecule has 0 saturated heterocycles. The van der Waals surface area contributed by atoms with Crippen LogP contribution in [-0.4, -0.2) is 37.5 Å². The number of amides is 1. The standard InChI is InChI=1S/C13H17NO3S/c1-14(9-3-6-13(16)17-2)12(15)8-7-11-5-4-10-18-11/h4-5,7-8,10H,3,6,9H2,1-2H3/b8-7+. The highest BCUT2D eigenvalue weighted by Gasteiger charge is 2.06. The number of esters is 1. The number of ether oxygens (including phenoxy) is 1. The molecule has 0 N–H and O–H groups in total. The fourth-order valence-corrected chi connectivity index (χ4v) is 1.96. The van der Waals surface area contributed by atoms with E-state index in [0.717, 1.165) is 4.88 Å². The van der Waals surface area contributed by atoms with E-state index in [-0.39, 0.29) is 11.9 Å². The number of rotatable bonds is 6. The predicted octanol–water partition coefficient (Wildman–Crippen LogP) is 2.17. The topological polar surface area (TPSA) is 46.6 Å². The minimum absolute atomic E-state index is 0.0618. The van der Waals surface area contributed by atoms with Gasteiger partial charge in [0.25, 0.3) is 0 Å². The maximum atomic E-state index is 11.7. The van der Waals surface area contributed by atoms with Crippen LogP contribution in [0.2, 0.25) is 0 Å². The third-order valence-corrected chi connectivity index (χ3v) is 3.25. The first-order chi connectivity index (χ1) is 8.63. The molecule has 98 valence electrons. The molecule has 0 bridgehead atoms. The van der Waals surface area contributed by atoms with Crippen molar-refractivity contribution in [3.05, 3.63) is 28.5 Å². The molecule has 0 aromatic carbocycles. The normalized spacial score (nSPS) is 10.6. The van der Waals surface area contributed by atoms with Crippen LogP contribution in [0.3, 0.4) is 0 Å². The van der Waals surface area contributed by atoms with Gasteiger partial charge < -0.3 is 9.64 Å². The summed E-state index contributed by atoms with van der Waals surface area (Å²) in [6, 6.07) is 3.89. The highest BCUT2D eigenvalue weighted by atomic mass is 32.1. The number of methoxy groups -OCH3 is 1. The molecule has 0 saturated carbocycles. The second kappa shape index (κ2) is 7.66. The summed E-state index contributed by atoms with van der Waals surface area (Å²) < 4.78 is 4.53.